The third kappa shape index (κ3) is 3.65. The molecule has 11 heteroatoms. The monoisotopic (exact) mass is 362 g/mol. The van der Waals surface area contributed by atoms with Crippen LogP contribution in [0.15, 0.2) is 0 Å². The molecule has 0 bridgehead atoms. The van der Waals surface area contributed by atoms with E-state index in [1.807, 2.05) is 0 Å². The zero-order valence-corrected chi connectivity index (χ0v) is 10.6. The summed E-state index contributed by atoms with van der Waals surface area (Å²) in [5, 5.41) is 37.0. The van der Waals surface area contributed by atoms with Crippen LogP contribution in [-0.2, 0) is 14.2 Å². The minimum atomic E-state index is -4.79. The van der Waals surface area contributed by atoms with Gasteiger partial charge in [0.05, 0.1) is 31.0 Å². The van der Waals surface area contributed by atoms with Gasteiger partial charge in [-0.25, -0.2) is 0 Å². The van der Waals surface area contributed by atoms with E-state index in [1.165, 1.54) is 0 Å². The molecule has 0 amide bonds. The molecule has 0 radical (unpaired) electrons. The SMILES string of the molecule is [2H]OC1([2H])O[C@]([2H])(C([2H])O)[C@@]([2H])(O[C@]2([2H])O[C@]([2H])(C([2H])([2H])O[2H])[C@]([2H])(O[2H])[C@]([2H])(O[2H])[C@@]2([2H])O[2H])[C@]([2H])(O[2H])[C@@]1([2H])O[2H]. The van der Waals surface area contributed by atoms with E-state index in [1.54, 1.807) is 0 Å². The molecule has 2 aliphatic heterocycles. The van der Waals surface area contributed by atoms with Crippen molar-refractivity contribution in [1.29, 1.82) is 10.0 Å². The lowest BCUT2D eigenvalue weighted by atomic mass is 9.97. The highest BCUT2D eigenvalue weighted by Gasteiger charge is 2.50. The second-order valence-corrected chi connectivity index (χ2v) is 3.78. The highest BCUT2D eigenvalue weighted by Crippen LogP contribution is 2.28. The van der Waals surface area contributed by atoms with Gasteiger partial charge in [-0.2, -0.15) is 0 Å². The average molecular weight is 362 g/mol. The smallest absolute Gasteiger partial charge is 0.213 e. The number of aliphatic hydroxyl groups excluding tert-OH is 1. The van der Waals surface area contributed by atoms with Gasteiger partial charge in [-0.3, -0.25) is 0 Å². The third-order valence-electron chi connectivity index (χ3n) is 2.43. The Kier molecular flexibility index (Phi) is 1.83. The van der Waals surface area contributed by atoms with Crippen molar-refractivity contribution in [2.75, 3.05) is 13.1 Å². The Labute approximate surface area is 159 Å². The first-order valence-electron chi connectivity index (χ1n) is 14.9. The topological polar surface area (TPSA) is 190 Å². The highest BCUT2D eigenvalue weighted by atomic mass is 16.7. The van der Waals surface area contributed by atoms with E-state index in [-0.39, 0.29) is 0 Å². The quantitative estimate of drug-likeness (QED) is 0.175. The minimum Gasteiger partial charge on any atom is -0.394 e. The van der Waals surface area contributed by atoms with Crippen molar-refractivity contribution in [3.63, 3.8) is 0 Å². The molecule has 2 heterocycles. The summed E-state index contributed by atoms with van der Waals surface area (Å²) in [4.78, 5) is 0. The first kappa shape index (κ1) is 5.53. The maximum absolute atomic E-state index is 10.1. The van der Waals surface area contributed by atoms with Crippen LogP contribution in [0.4, 0.5) is 0 Å². The maximum Gasteiger partial charge on any atom is 0.213 e. The molecule has 0 saturated carbocycles. The van der Waals surface area contributed by atoms with Gasteiger partial charge in [0, 0.05) is 0 Å². The van der Waals surface area contributed by atoms with Crippen LogP contribution in [0.3, 0.4) is 0 Å². The molecule has 0 aromatic rings. The number of aliphatic hydroxyl groups is 8. The van der Waals surface area contributed by atoms with Crippen LogP contribution in [0.2, 0.25) is 0 Å². The van der Waals surface area contributed by atoms with Crippen LogP contribution >= 0.6 is 0 Å². The van der Waals surface area contributed by atoms with Crippen molar-refractivity contribution in [3.8, 4) is 0 Å². The van der Waals surface area contributed by atoms with Gasteiger partial charge in [-0.15, -0.1) is 0 Å². The lowest BCUT2D eigenvalue weighted by Gasteiger charge is -2.45. The lowest BCUT2D eigenvalue weighted by Crippen LogP contribution is -2.64. The highest BCUT2D eigenvalue weighted by molar-refractivity contribution is 4.93. The van der Waals surface area contributed by atoms with Crippen molar-refractivity contribution in [1.82, 2.24) is 0 Å². The largest absolute Gasteiger partial charge is 0.394 e. The predicted molar refractivity (Wildman–Crippen MR) is 68.6 cm³/mol. The molecule has 11 atom stereocenters. The van der Waals surface area contributed by atoms with E-state index in [0.717, 1.165) is 0 Å². The van der Waals surface area contributed by atoms with Crippen molar-refractivity contribution < 1.29 is 72.9 Å². The second kappa shape index (κ2) is 7.63. The Bertz CT molecular complexity index is 1050. The molecule has 11 nitrogen and oxygen atoms in total. The van der Waals surface area contributed by atoms with Crippen LogP contribution in [0, 0.1) is 0 Å². The normalized spacial score (nSPS) is 97.8. The molecule has 0 aromatic carbocycles. The predicted octanol–water partition coefficient (Wildman–Crippen LogP) is -5.40. The molecule has 2 saturated heterocycles. The molecule has 0 spiro atoms. The summed E-state index contributed by atoms with van der Waals surface area (Å²) in [7, 11) is 0. The molecule has 0 aromatic heterocycles. The molecule has 2 fully saturated rings. The maximum atomic E-state index is 10.1. The van der Waals surface area contributed by atoms with Gasteiger partial charge in [-0.05, 0) is 0 Å². The van der Waals surface area contributed by atoms with Gasteiger partial charge < -0.3 is 55.1 Å². The standard InChI is InChI=1S/C12H22O11/c13-1-3-5(15)6(16)9(19)12(22-3)23-10-4(2-14)21-11(20)8(18)7(10)17/h3-20H,1-2H2/t3-,4-,5+,6+,7-,8-,9-,10-,11?,12+/m1/s1/i1D2,2D,3D,4D,5D,6D,7D,8D,9D,10D,11D,12D,13D,15D,16D,17D,18D,19D,20D/t2?,3-,4-,5+,6+,7-,8-,9-,10-,11?,12+. The van der Waals surface area contributed by atoms with Crippen molar-refractivity contribution in [2.24, 2.45) is 0 Å². The third-order valence-corrected chi connectivity index (χ3v) is 2.43. The Morgan fingerprint density at radius 1 is 0.913 bits per heavy atom. The van der Waals surface area contributed by atoms with Crippen LogP contribution in [0.5, 0.6) is 0 Å². The van der Waals surface area contributed by atoms with E-state index >= 15 is 0 Å². The van der Waals surface area contributed by atoms with E-state index < -0.39 is 74.3 Å². The summed E-state index contributed by atoms with van der Waals surface area (Å²) < 4.78 is 172. The lowest BCUT2D eigenvalue weighted by molar-refractivity contribution is -0.355. The van der Waals surface area contributed by atoms with Crippen LogP contribution in [0.1, 0.15) is 17.8 Å². The Morgan fingerprint density at radius 3 is 2.30 bits per heavy atom. The van der Waals surface area contributed by atoms with E-state index in [0.29, 0.717) is 0 Å². The second-order valence-electron chi connectivity index (χ2n) is 3.78. The molecule has 136 valence electrons. The molecule has 0 aliphatic carbocycles. The summed E-state index contributed by atoms with van der Waals surface area (Å²) in [5.74, 6) is 0. The Hall–Kier alpha value is -0.440. The fourth-order valence-electron chi connectivity index (χ4n) is 1.39. The fourth-order valence-corrected chi connectivity index (χ4v) is 1.39. The average Bonchev–Trinajstić information content (AvgIpc) is 2.96. The molecule has 8 N–H and O–H groups in total. The molecule has 2 rings (SSSR count). The van der Waals surface area contributed by atoms with Gasteiger partial charge in [0.25, 0.3) is 0 Å². The first-order valence-corrected chi connectivity index (χ1v) is 5.45. The zero-order valence-electron chi connectivity index (χ0n) is 30.6. The Morgan fingerprint density at radius 2 is 1.70 bits per heavy atom. The molecule has 23 heavy (non-hydrogen) atoms. The molecule has 2 aliphatic rings. The van der Waals surface area contributed by atoms with Gasteiger partial charge in [0.2, 0.25) is 10.0 Å². The van der Waals surface area contributed by atoms with E-state index in [4.69, 9.17) is 32.6 Å². The van der Waals surface area contributed by atoms with Crippen molar-refractivity contribution >= 4 is 0 Å². The van der Waals surface area contributed by atoms with Crippen LogP contribution < -0.4 is 0 Å². The molecule has 2 unspecified atom stereocenters. The van der Waals surface area contributed by atoms with Crippen molar-refractivity contribution in [3.05, 3.63) is 0 Å². The van der Waals surface area contributed by atoms with Crippen LogP contribution in [-0.4, -0.2) is 125 Å². The molecular formula is C12H22O11. The van der Waals surface area contributed by atoms with Gasteiger partial charge in [-0.1, -0.05) is 0 Å². The van der Waals surface area contributed by atoms with Gasteiger partial charge in [0.15, 0.2) is 12.5 Å². The fraction of sp³-hybridized carbons (Fsp3) is 1.00. The minimum absolute atomic E-state index is 3.41. The van der Waals surface area contributed by atoms with E-state index in [9.17, 15) is 5.11 Å². The number of hydrogen-bond donors (Lipinski definition) is 8. The van der Waals surface area contributed by atoms with Gasteiger partial charge in [0.1, 0.15) is 48.6 Å². The van der Waals surface area contributed by atoms with Crippen LogP contribution in [0.25, 0.3) is 0 Å². The number of ether oxygens (including phenoxy) is 3. The number of hydrogen-bond acceptors (Lipinski definition) is 11. The number of rotatable bonds is 11. The first-order chi connectivity index (χ1) is 19.2. The Balaban J connectivity index is 3.14. The van der Waals surface area contributed by atoms with Crippen molar-refractivity contribution in [2.45, 2.75) is 61.2 Å². The summed E-state index contributed by atoms with van der Waals surface area (Å²) in [6.07, 6.45) is -44.8. The van der Waals surface area contributed by atoms with Gasteiger partial charge >= 0.3 is 0 Å². The summed E-state index contributed by atoms with van der Waals surface area (Å²) in [5.41, 5.74) is 0. The zero-order chi connectivity index (χ0) is 34.1. The summed E-state index contributed by atoms with van der Waals surface area (Å²) in [6.45, 7) is -7.65. The summed E-state index contributed by atoms with van der Waals surface area (Å²) in [6, 6.07) is 0. The van der Waals surface area contributed by atoms with E-state index in [2.05, 4.69) is 45.2 Å². The molecular weight excluding hydrogens is 320 g/mol. The summed E-state index contributed by atoms with van der Waals surface area (Å²) >= 11 is 0.